The second-order valence-electron chi connectivity index (χ2n) is 8.08. The summed E-state index contributed by atoms with van der Waals surface area (Å²) in [6.45, 7) is 3.82. The van der Waals surface area contributed by atoms with Gasteiger partial charge in [0.05, 0.1) is 22.9 Å². The van der Waals surface area contributed by atoms with Crippen LogP contribution in [0.4, 0.5) is 11.5 Å². The Morgan fingerprint density at radius 1 is 1.09 bits per heavy atom. The molecule has 0 bridgehead atoms. The van der Waals surface area contributed by atoms with Crippen molar-refractivity contribution in [2.24, 2.45) is 0 Å². The van der Waals surface area contributed by atoms with E-state index in [0.29, 0.717) is 5.75 Å². The number of nitrogens with zero attached hydrogens (tertiary/aromatic N) is 3. The Labute approximate surface area is 190 Å². The van der Waals surface area contributed by atoms with Crippen molar-refractivity contribution in [2.75, 3.05) is 11.9 Å². The summed E-state index contributed by atoms with van der Waals surface area (Å²) < 4.78 is 7.49. The number of para-hydroxylation sites is 1. The number of benzene rings is 3. The number of carbonyl (C=O) groups is 1. The molecule has 3 aromatic carbocycles. The normalized spacial score (nSPS) is 11.2. The summed E-state index contributed by atoms with van der Waals surface area (Å²) in [5, 5.41) is 20.2. The molecule has 2 heterocycles. The highest BCUT2D eigenvalue weighted by Crippen LogP contribution is 2.29. The third-order valence-electron chi connectivity index (χ3n) is 5.19. The van der Waals surface area contributed by atoms with Crippen molar-refractivity contribution < 1.29 is 9.53 Å². The fourth-order valence-electron chi connectivity index (χ4n) is 3.71. The molecule has 3 N–H and O–H groups in total. The molecule has 8 heteroatoms. The van der Waals surface area contributed by atoms with Crippen LogP contribution in [0.5, 0.6) is 5.75 Å². The van der Waals surface area contributed by atoms with Gasteiger partial charge in [-0.25, -0.2) is 4.68 Å². The second kappa shape index (κ2) is 8.66. The van der Waals surface area contributed by atoms with Gasteiger partial charge in [-0.3, -0.25) is 9.89 Å². The Hall–Kier alpha value is -4.33. The molecule has 1 amide bonds. The SMILES string of the molecule is CC(C)NC(=O)COc1ccc(-n2nc(Nc3ccc4[nH]ncc4c3)c3ccccc32)cc1. The molecule has 0 radical (unpaired) electrons. The first kappa shape index (κ1) is 20.6. The molecule has 2 aromatic heterocycles. The van der Waals surface area contributed by atoms with Gasteiger partial charge in [0.2, 0.25) is 0 Å². The molecule has 0 aliphatic heterocycles. The Kier molecular flexibility index (Phi) is 5.40. The Morgan fingerprint density at radius 3 is 2.73 bits per heavy atom. The zero-order valence-electron chi connectivity index (χ0n) is 18.4. The Morgan fingerprint density at radius 2 is 1.91 bits per heavy atom. The van der Waals surface area contributed by atoms with Gasteiger partial charge in [0.15, 0.2) is 12.4 Å². The number of hydrogen-bond donors (Lipinski definition) is 3. The van der Waals surface area contributed by atoms with E-state index >= 15 is 0 Å². The van der Waals surface area contributed by atoms with Crippen LogP contribution in [-0.4, -0.2) is 38.5 Å². The number of nitrogens with one attached hydrogen (secondary N) is 3. The molecule has 0 fully saturated rings. The first-order chi connectivity index (χ1) is 16.1. The van der Waals surface area contributed by atoms with Gasteiger partial charge in [0, 0.05) is 22.5 Å². The van der Waals surface area contributed by atoms with E-state index < -0.39 is 0 Å². The standard InChI is InChI=1S/C25H24N6O2/c1-16(2)27-24(32)15-33-20-10-8-19(9-11-20)31-23-6-4-3-5-21(23)25(30-31)28-18-7-12-22-17(13-18)14-26-29-22/h3-14,16H,15H2,1-2H3,(H,26,29)(H,27,32)(H,28,30). The summed E-state index contributed by atoms with van der Waals surface area (Å²) in [5.74, 6) is 1.25. The molecule has 0 aliphatic carbocycles. The molecular formula is C25H24N6O2. The predicted octanol–water partition coefficient (Wildman–Crippen LogP) is 4.55. The first-order valence-corrected chi connectivity index (χ1v) is 10.8. The fraction of sp³-hybridized carbons (Fsp3) is 0.160. The average Bonchev–Trinajstić information content (AvgIpc) is 3.42. The number of aromatic nitrogens is 4. The maximum absolute atomic E-state index is 11.8. The van der Waals surface area contributed by atoms with Crippen molar-refractivity contribution in [3.63, 3.8) is 0 Å². The Bertz CT molecular complexity index is 1420. The topological polar surface area (TPSA) is 96.9 Å². The van der Waals surface area contributed by atoms with Crippen molar-refractivity contribution in [3.8, 4) is 11.4 Å². The molecule has 33 heavy (non-hydrogen) atoms. The summed E-state index contributed by atoms with van der Waals surface area (Å²) in [4.78, 5) is 11.8. The van der Waals surface area contributed by atoms with Gasteiger partial charge in [-0.2, -0.15) is 5.10 Å². The molecule has 0 atom stereocenters. The number of anilines is 2. The smallest absolute Gasteiger partial charge is 0.258 e. The third kappa shape index (κ3) is 4.36. The van der Waals surface area contributed by atoms with Crippen LogP contribution in [0, 0.1) is 0 Å². The zero-order valence-corrected chi connectivity index (χ0v) is 18.4. The van der Waals surface area contributed by atoms with Crippen LogP contribution < -0.4 is 15.4 Å². The first-order valence-electron chi connectivity index (χ1n) is 10.8. The lowest BCUT2D eigenvalue weighted by molar-refractivity contribution is -0.123. The number of carbonyl (C=O) groups excluding carboxylic acids is 1. The number of rotatable bonds is 7. The summed E-state index contributed by atoms with van der Waals surface area (Å²) in [6.07, 6.45) is 1.80. The monoisotopic (exact) mass is 440 g/mol. The summed E-state index contributed by atoms with van der Waals surface area (Å²) in [5.41, 5.74) is 3.79. The van der Waals surface area contributed by atoms with Gasteiger partial charge < -0.3 is 15.4 Å². The van der Waals surface area contributed by atoms with E-state index in [2.05, 4.69) is 20.8 Å². The van der Waals surface area contributed by atoms with E-state index in [0.717, 1.165) is 39.0 Å². The molecule has 0 spiro atoms. The largest absolute Gasteiger partial charge is 0.484 e. The van der Waals surface area contributed by atoms with Crippen LogP contribution >= 0.6 is 0 Å². The lowest BCUT2D eigenvalue weighted by atomic mass is 10.2. The molecule has 0 saturated carbocycles. The number of fused-ring (bicyclic) bond motifs is 2. The number of ether oxygens (including phenoxy) is 1. The van der Waals surface area contributed by atoms with Gasteiger partial charge in [-0.05, 0) is 68.4 Å². The number of amides is 1. The van der Waals surface area contributed by atoms with Crippen molar-refractivity contribution in [3.05, 3.63) is 72.9 Å². The Balaban J connectivity index is 1.40. The molecule has 5 rings (SSSR count). The van der Waals surface area contributed by atoms with Gasteiger partial charge in [0.1, 0.15) is 5.75 Å². The molecule has 8 nitrogen and oxygen atoms in total. The van der Waals surface area contributed by atoms with E-state index in [1.165, 1.54) is 0 Å². The highest BCUT2D eigenvalue weighted by atomic mass is 16.5. The van der Waals surface area contributed by atoms with Crippen LogP contribution in [0.3, 0.4) is 0 Å². The molecule has 0 unspecified atom stereocenters. The van der Waals surface area contributed by atoms with Gasteiger partial charge in [0.25, 0.3) is 5.91 Å². The molecule has 166 valence electrons. The minimum Gasteiger partial charge on any atom is -0.484 e. The summed E-state index contributed by atoms with van der Waals surface area (Å²) in [7, 11) is 0. The van der Waals surface area contributed by atoms with Crippen molar-refractivity contribution in [1.82, 2.24) is 25.3 Å². The summed E-state index contributed by atoms with van der Waals surface area (Å²) in [6, 6.07) is 21.7. The minimum absolute atomic E-state index is 0.0166. The minimum atomic E-state index is -0.142. The van der Waals surface area contributed by atoms with E-state index in [4.69, 9.17) is 9.84 Å². The number of hydrogen-bond acceptors (Lipinski definition) is 5. The van der Waals surface area contributed by atoms with Gasteiger partial charge in [-0.15, -0.1) is 5.10 Å². The molecule has 0 saturated heterocycles. The van der Waals surface area contributed by atoms with Crippen LogP contribution in [0.25, 0.3) is 27.5 Å². The summed E-state index contributed by atoms with van der Waals surface area (Å²) >= 11 is 0. The van der Waals surface area contributed by atoms with Crippen molar-refractivity contribution in [1.29, 1.82) is 0 Å². The van der Waals surface area contributed by atoms with Crippen LogP contribution in [0.1, 0.15) is 13.8 Å². The zero-order chi connectivity index (χ0) is 22.8. The molecule has 0 aliphatic rings. The number of H-pyrrole nitrogens is 1. The van der Waals surface area contributed by atoms with E-state index in [-0.39, 0.29) is 18.6 Å². The van der Waals surface area contributed by atoms with E-state index in [1.807, 2.05) is 85.3 Å². The maximum Gasteiger partial charge on any atom is 0.258 e. The van der Waals surface area contributed by atoms with E-state index in [9.17, 15) is 4.79 Å². The van der Waals surface area contributed by atoms with Crippen molar-refractivity contribution >= 4 is 39.2 Å². The highest BCUT2D eigenvalue weighted by molar-refractivity contribution is 5.94. The fourth-order valence-corrected chi connectivity index (χ4v) is 3.71. The molecule has 5 aromatic rings. The highest BCUT2D eigenvalue weighted by Gasteiger charge is 2.13. The van der Waals surface area contributed by atoms with Gasteiger partial charge in [-0.1, -0.05) is 12.1 Å². The van der Waals surface area contributed by atoms with Crippen LogP contribution in [0.15, 0.2) is 72.9 Å². The van der Waals surface area contributed by atoms with Crippen LogP contribution in [-0.2, 0) is 4.79 Å². The quantitative estimate of drug-likeness (QED) is 0.345. The predicted molar refractivity (Wildman–Crippen MR) is 129 cm³/mol. The van der Waals surface area contributed by atoms with Crippen LogP contribution in [0.2, 0.25) is 0 Å². The second-order valence-corrected chi connectivity index (χ2v) is 8.08. The number of aromatic amines is 1. The van der Waals surface area contributed by atoms with E-state index in [1.54, 1.807) is 6.20 Å². The molecular weight excluding hydrogens is 416 g/mol. The lowest BCUT2D eigenvalue weighted by Crippen LogP contribution is -2.34. The maximum atomic E-state index is 11.8. The van der Waals surface area contributed by atoms with Gasteiger partial charge >= 0.3 is 0 Å². The lowest BCUT2D eigenvalue weighted by Gasteiger charge is -2.10. The average molecular weight is 441 g/mol. The van der Waals surface area contributed by atoms with Crippen molar-refractivity contribution in [2.45, 2.75) is 19.9 Å². The third-order valence-corrected chi connectivity index (χ3v) is 5.19.